The van der Waals surface area contributed by atoms with Crippen LogP contribution in [0.4, 0.5) is 10.1 Å². The highest BCUT2D eigenvalue weighted by Gasteiger charge is 2.10. The number of carbonyl (C=O) groups is 1. The van der Waals surface area contributed by atoms with Gasteiger partial charge in [-0.05, 0) is 35.9 Å². The van der Waals surface area contributed by atoms with Crippen LogP contribution in [-0.4, -0.2) is 16.2 Å². The van der Waals surface area contributed by atoms with Crippen molar-refractivity contribution >= 4 is 11.7 Å². The van der Waals surface area contributed by atoms with E-state index in [1.165, 1.54) is 30.3 Å². The molecule has 0 unspecified atom stereocenters. The van der Waals surface area contributed by atoms with Gasteiger partial charge in [-0.25, -0.2) is 9.18 Å². The number of phenols is 1. The topological polar surface area (TPSA) is 83.6 Å². The summed E-state index contributed by atoms with van der Waals surface area (Å²) in [5, 5.41) is 18.6. The van der Waals surface area contributed by atoms with Crippen molar-refractivity contribution in [2.45, 2.75) is 0 Å². The fourth-order valence-corrected chi connectivity index (χ4v) is 1.68. The van der Waals surface area contributed by atoms with Gasteiger partial charge in [-0.1, -0.05) is 0 Å². The van der Waals surface area contributed by atoms with Crippen LogP contribution in [0.3, 0.4) is 0 Å². The molecule has 4 N–H and O–H groups in total. The summed E-state index contributed by atoms with van der Waals surface area (Å²) >= 11 is 0. The van der Waals surface area contributed by atoms with E-state index < -0.39 is 11.8 Å². The van der Waals surface area contributed by atoms with Gasteiger partial charge in [-0.15, -0.1) is 0 Å². The van der Waals surface area contributed by atoms with Gasteiger partial charge < -0.3 is 15.9 Å². The summed E-state index contributed by atoms with van der Waals surface area (Å²) in [6.07, 6.45) is 0. The van der Waals surface area contributed by atoms with Crippen LogP contribution in [0.25, 0.3) is 11.1 Å². The lowest BCUT2D eigenvalue weighted by Gasteiger charge is -2.07. The van der Waals surface area contributed by atoms with E-state index in [1.807, 2.05) is 0 Å². The molecule has 0 fully saturated rings. The highest BCUT2D eigenvalue weighted by atomic mass is 19.1. The summed E-state index contributed by atoms with van der Waals surface area (Å²) in [5.41, 5.74) is 6.61. The van der Waals surface area contributed by atoms with Crippen molar-refractivity contribution in [1.29, 1.82) is 0 Å². The molecule has 0 saturated heterocycles. The molecule has 0 atom stereocenters. The molecule has 18 heavy (non-hydrogen) atoms. The Morgan fingerprint density at radius 3 is 2.50 bits per heavy atom. The van der Waals surface area contributed by atoms with E-state index in [1.54, 1.807) is 0 Å². The summed E-state index contributed by atoms with van der Waals surface area (Å²) in [5.74, 6) is -1.96. The third kappa shape index (κ3) is 2.24. The number of anilines is 1. The second-order valence-electron chi connectivity index (χ2n) is 3.81. The fraction of sp³-hybridized carbons (Fsp3) is 0. The number of phenolic OH excluding ortho intramolecular Hbond substituents is 1. The molecule has 0 aliphatic carbocycles. The third-order valence-electron chi connectivity index (χ3n) is 2.47. The first-order valence-electron chi connectivity index (χ1n) is 5.10. The van der Waals surface area contributed by atoms with Gasteiger partial charge in [0.1, 0.15) is 11.6 Å². The van der Waals surface area contributed by atoms with Crippen LogP contribution in [0, 0.1) is 5.82 Å². The van der Waals surface area contributed by atoms with Crippen LogP contribution >= 0.6 is 0 Å². The molecular weight excluding hydrogens is 237 g/mol. The molecule has 0 spiro atoms. The molecule has 0 bridgehead atoms. The van der Waals surface area contributed by atoms with Gasteiger partial charge in [-0.3, -0.25) is 0 Å². The van der Waals surface area contributed by atoms with E-state index in [0.29, 0.717) is 11.1 Å². The minimum atomic E-state index is -1.12. The molecule has 4 nitrogen and oxygen atoms in total. The molecule has 0 aliphatic rings. The van der Waals surface area contributed by atoms with E-state index in [-0.39, 0.29) is 17.0 Å². The van der Waals surface area contributed by atoms with Crippen LogP contribution in [0.2, 0.25) is 0 Å². The van der Waals surface area contributed by atoms with E-state index in [0.717, 1.165) is 6.07 Å². The summed E-state index contributed by atoms with van der Waals surface area (Å²) in [6.45, 7) is 0. The summed E-state index contributed by atoms with van der Waals surface area (Å²) in [6, 6.07) is 7.69. The number of aromatic hydroxyl groups is 1. The van der Waals surface area contributed by atoms with Crippen molar-refractivity contribution in [1.82, 2.24) is 0 Å². The Morgan fingerprint density at radius 2 is 1.89 bits per heavy atom. The maximum absolute atomic E-state index is 12.9. The average molecular weight is 247 g/mol. The van der Waals surface area contributed by atoms with Gasteiger partial charge >= 0.3 is 5.97 Å². The van der Waals surface area contributed by atoms with Crippen molar-refractivity contribution in [2.24, 2.45) is 0 Å². The first kappa shape index (κ1) is 11.9. The zero-order valence-corrected chi connectivity index (χ0v) is 9.22. The zero-order valence-electron chi connectivity index (χ0n) is 9.22. The molecule has 2 rings (SSSR count). The number of halogens is 1. The van der Waals surface area contributed by atoms with E-state index in [9.17, 15) is 14.3 Å². The monoisotopic (exact) mass is 247 g/mol. The van der Waals surface area contributed by atoms with Crippen molar-refractivity contribution in [2.75, 3.05) is 5.73 Å². The quantitative estimate of drug-likeness (QED) is 0.712. The lowest BCUT2D eigenvalue weighted by Crippen LogP contribution is -1.98. The van der Waals surface area contributed by atoms with E-state index in [4.69, 9.17) is 10.8 Å². The third-order valence-corrected chi connectivity index (χ3v) is 2.47. The molecule has 5 heteroatoms. The van der Waals surface area contributed by atoms with E-state index >= 15 is 0 Å². The van der Waals surface area contributed by atoms with Crippen molar-refractivity contribution in [3.8, 4) is 16.9 Å². The molecule has 0 saturated carbocycles. The largest absolute Gasteiger partial charge is 0.507 e. The van der Waals surface area contributed by atoms with Crippen LogP contribution in [0.1, 0.15) is 10.4 Å². The standard InChI is InChI=1S/C13H10FNO3/c14-9-1-2-11(12(16)6-9)7-3-8(13(17)18)5-10(15)4-7/h1-6,16H,15H2,(H,17,18). The number of rotatable bonds is 2. The van der Waals surface area contributed by atoms with Crippen LogP contribution in [0.15, 0.2) is 36.4 Å². The predicted molar refractivity (Wildman–Crippen MR) is 64.9 cm³/mol. The molecule has 2 aromatic rings. The lowest BCUT2D eigenvalue weighted by atomic mass is 10.0. The molecule has 92 valence electrons. The van der Waals surface area contributed by atoms with Gasteiger partial charge in [0.25, 0.3) is 0 Å². The average Bonchev–Trinajstić information content (AvgIpc) is 2.27. The molecule has 0 aliphatic heterocycles. The van der Waals surface area contributed by atoms with Gasteiger partial charge in [0.05, 0.1) is 5.56 Å². The Kier molecular flexibility index (Phi) is 2.89. The maximum atomic E-state index is 12.9. The lowest BCUT2D eigenvalue weighted by molar-refractivity contribution is 0.0697. The van der Waals surface area contributed by atoms with Crippen LogP contribution < -0.4 is 5.73 Å². The minimum absolute atomic E-state index is 0.00808. The normalized spacial score (nSPS) is 10.3. The van der Waals surface area contributed by atoms with Gasteiger partial charge in [0, 0.05) is 17.3 Å². The van der Waals surface area contributed by atoms with Crippen molar-refractivity contribution < 1.29 is 19.4 Å². The number of nitrogen functional groups attached to an aromatic ring is 1. The Bertz CT molecular complexity index is 626. The van der Waals surface area contributed by atoms with Crippen LogP contribution in [0.5, 0.6) is 5.75 Å². The number of carboxylic acids is 1. The van der Waals surface area contributed by atoms with Gasteiger partial charge in [-0.2, -0.15) is 0 Å². The number of nitrogens with two attached hydrogens (primary N) is 1. The number of hydrogen-bond acceptors (Lipinski definition) is 3. The van der Waals surface area contributed by atoms with Gasteiger partial charge in [0.15, 0.2) is 0 Å². The van der Waals surface area contributed by atoms with Crippen molar-refractivity contribution in [3.63, 3.8) is 0 Å². The summed E-state index contributed by atoms with van der Waals surface area (Å²) in [4.78, 5) is 10.9. The van der Waals surface area contributed by atoms with Gasteiger partial charge in [0.2, 0.25) is 0 Å². The number of carboxylic acid groups (broad SMARTS) is 1. The molecule has 2 aromatic carbocycles. The molecular formula is C13H10FNO3. The summed E-state index contributed by atoms with van der Waals surface area (Å²) < 4.78 is 12.9. The molecule has 0 heterocycles. The smallest absolute Gasteiger partial charge is 0.335 e. The first-order chi connectivity index (χ1) is 8.47. The Morgan fingerprint density at radius 1 is 1.17 bits per heavy atom. The molecule has 0 amide bonds. The number of aromatic carboxylic acids is 1. The van der Waals surface area contributed by atoms with E-state index in [2.05, 4.69) is 0 Å². The van der Waals surface area contributed by atoms with Crippen LogP contribution in [-0.2, 0) is 0 Å². The summed E-state index contributed by atoms with van der Waals surface area (Å²) in [7, 11) is 0. The predicted octanol–water partition coefficient (Wildman–Crippen LogP) is 2.48. The Labute approximate surface area is 102 Å². The van der Waals surface area contributed by atoms with Crippen molar-refractivity contribution in [3.05, 3.63) is 47.8 Å². The highest BCUT2D eigenvalue weighted by Crippen LogP contribution is 2.31. The SMILES string of the molecule is Nc1cc(C(=O)O)cc(-c2ccc(F)cc2O)c1. The number of hydrogen-bond donors (Lipinski definition) is 3. The Balaban J connectivity index is 2.60. The fourth-order valence-electron chi connectivity index (χ4n) is 1.68. The second kappa shape index (κ2) is 4.37. The number of benzene rings is 2. The first-order valence-corrected chi connectivity index (χ1v) is 5.10. The maximum Gasteiger partial charge on any atom is 0.335 e. The second-order valence-corrected chi connectivity index (χ2v) is 3.81. The zero-order chi connectivity index (χ0) is 13.3. The Hall–Kier alpha value is -2.56. The molecule has 0 radical (unpaired) electrons. The highest BCUT2D eigenvalue weighted by molar-refractivity contribution is 5.91. The molecule has 0 aromatic heterocycles. The minimum Gasteiger partial charge on any atom is -0.507 e.